The molecule has 9 nitrogen and oxygen atoms in total. The summed E-state index contributed by atoms with van der Waals surface area (Å²) in [6.07, 6.45) is 3.85. The third-order valence-corrected chi connectivity index (χ3v) is 9.41. The van der Waals surface area contributed by atoms with E-state index in [0.29, 0.717) is 37.4 Å². The van der Waals surface area contributed by atoms with Gasteiger partial charge in [0.1, 0.15) is 17.4 Å². The number of rotatable bonds is 13. The quantitative estimate of drug-likeness (QED) is 0.351. The molecular formula is C35H43N3O6. The Morgan fingerprint density at radius 2 is 1.77 bits per heavy atom. The summed E-state index contributed by atoms with van der Waals surface area (Å²) in [5, 5.41) is 10.5. The zero-order valence-electron chi connectivity index (χ0n) is 25.8. The van der Waals surface area contributed by atoms with Gasteiger partial charge in [-0.05, 0) is 48.6 Å². The van der Waals surface area contributed by atoms with E-state index in [9.17, 15) is 19.5 Å². The molecule has 0 radical (unpaired) electrons. The minimum Gasteiger partial charge on any atom is -0.497 e. The summed E-state index contributed by atoms with van der Waals surface area (Å²) in [6, 6.07) is 15.2. The fourth-order valence-corrected chi connectivity index (χ4v) is 7.39. The number of carbonyl (C=O) groups is 3. The van der Waals surface area contributed by atoms with Gasteiger partial charge < -0.3 is 29.3 Å². The van der Waals surface area contributed by atoms with Crippen LogP contribution in [0.25, 0.3) is 0 Å². The Balaban J connectivity index is 1.56. The van der Waals surface area contributed by atoms with Gasteiger partial charge in [0.2, 0.25) is 11.8 Å². The number of hydrogen-bond acceptors (Lipinski definition) is 6. The van der Waals surface area contributed by atoms with E-state index in [0.717, 1.165) is 5.56 Å². The Kier molecular flexibility index (Phi) is 9.27. The Morgan fingerprint density at radius 1 is 1.09 bits per heavy atom. The molecule has 3 aliphatic rings. The molecule has 0 aromatic heterocycles. The summed E-state index contributed by atoms with van der Waals surface area (Å²) in [5.74, 6) is -1.93. The van der Waals surface area contributed by atoms with Crippen LogP contribution in [-0.2, 0) is 25.7 Å². The van der Waals surface area contributed by atoms with Crippen LogP contribution in [0.2, 0.25) is 0 Å². The Labute approximate surface area is 259 Å². The topological polar surface area (TPSA) is 99.6 Å². The van der Waals surface area contributed by atoms with Crippen LogP contribution in [-0.4, -0.2) is 83.2 Å². The van der Waals surface area contributed by atoms with Crippen LogP contribution in [0, 0.1) is 17.8 Å². The first-order chi connectivity index (χ1) is 21.2. The highest BCUT2D eigenvalue weighted by molar-refractivity contribution is 6.05. The van der Waals surface area contributed by atoms with Crippen LogP contribution in [0.15, 0.2) is 79.9 Å². The first kappa shape index (κ1) is 31.5. The molecule has 9 heteroatoms. The average molecular weight is 602 g/mol. The number of amides is 3. The summed E-state index contributed by atoms with van der Waals surface area (Å²) in [4.78, 5) is 48.5. The lowest BCUT2D eigenvalue weighted by Crippen LogP contribution is -2.59. The van der Waals surface area contributed by atoms with Crippen molar-refractivity contribution in [1.82, 2.24) is 9.80 Å². The van der Waals surface area contributed by atoms with Crippen molar-refractivity contribution < 1.29 is 29.0 Å². The van der Waals surface area contributed by atoms with Crippen LogP contribution in [0.4, 0.5) is 5.69 Å². The van der Waals surface area contributed by atoms with Crippen LogP contribution in [0.5, 0.6) is 5.75 Å². The number of methoxy groups -OCH3 is 1. The van der Waals surface area contributed by atoms with Gasteiger partial charge in [0.15, 0.2) is 0 Å². The lowest BCUT2D eigenvalue weighted by Gasteiger charge is -2.40. The van der Waals surface area contributed by atoms with Crippen molar-refractivity contribution in [2.45, 2.75) is 57.0 Å². The summed E-state index contributed by atoms with van der Waals surface area (Å²) in [5.41, 5.74) is 0.391. The Hall–Kier alpha value is -3.95. The second kappa shape index (κ2) is 13.0. The highest BCUT2D eigenvalue weighted by Crippen LogP contribution is 2.59. The molecule has 234 valence electrons. The van der Waals surface area contributed by atoms with Gasteiger partial charge in [0.25, 0.3) is 5.91 Å². The smallest absolute Gasteiger partial charge is 0.253 e. The number of benzene rings is 2. The lowest BCUT2D eigenvalue weighted by molar-refractivity contribution is -0.148. The number of fused-ring (bicyclic) bond motifs is 1. The molecule has 2 aromatic carbocycles. The number of likely N-dealkylation sites (tertiary alicyclic amines) is 1. The normalized spacial score (nSPS) is 25.9. The predicted molar refractivity (Wildman–Crippen MR) is 168 cm³/mol. The molecule has 1 N–H and O–H groups in total. The molecular weight excluding hydrogens is 558 g/mol. The van der Waals surface area contributed by atoms with E-state index >= 15 is 0 Å². The fraction of sp³-hybridized carbons (Fsp3) is 0.457. The molecule has 1 spiro atoms. The second-order valence-corrected chi connectivity index (χ2v) is 12.2. The number of carbonyl (C=O) groups excluding carboxylic acids is 3. The molecule has 0 aliphatic carbocycles. The lowest BCUT2D eigenvalue weighted by atomic mass is 9.70. The minimum absolute atomic E-state index is 0.148. The second-order valence-electron chi connectivity index (χ2n) is 12.2. The molecule has 3 heterocycles. The van der Waals surface area contributed by atoms with Gasteiger partial charge >= 0.3 is 0 Å². The van der Waals surface area contributed by atoms with Crippen molar-refractivity contribution in [3.8, 4) is 5.75 Å². The number of ether oxygens (including phenoxy) is 2. The van der Waals surface area contributed by atoms with E-state index in [1.54, 1.807) is 53.3 Å². The molecule has 5 rings (SSSR count). The predicted octanol–water partition coefficient (Wildman–Crippen LogP) is 3.82. The molecule has 2 unspecified atom stereocenters. The SMILES string of the molecule is C=CCN(Cc1ccccc1)C(=O)[C@@H]1[C@@H]2CCC3(O2)C(C(=O)N(CC=C)c2ccc(OC)cc2)N([C@@H](CO)C(C)C)C(=O)[C@H]13. The molecule has 2 aromatic rings. The summed E-state index contributed by atoms with van der Waals surface area (Å²) < 4.78 is 12.0. The van der Waals surface area contributed by atoms with Gasteiger partial charge in [-0.1, -0.05) is 56.3 Å². The van der Waals surface area contributed by atoms with Gasteiger partial charge in [-0.3, -0.25) is 14.4 Å². The highest BCUT2D eigenvalue weighted by atomic mass is 16.5. The van der Waals surface area contributed by atoms with Crippen molar-refractivity contribution in [1.29, 1.82) is 0 Å². The van der Waals surface area contributed by atoms with Crippen LogP contribution < -0.4 is 9.64 Å². The average Bonchev–Trinajstić information content (AvgIpc) is 3.67. The fourth-order valence-electron chi connectivity index (χ4n) is 7.39. The number of aliphatic hydroxyl groups is 1. The van der Waals surface area contributed by atoms with E-state index in [2.05, 4.69) is 13.2 Å². The van der Waals surface area contributed by atoms with Crippen molar-refractivity contribution >= 4 is 23.4 Å². The van der Waals surface area contributed by atoms with E-state index < -0.39 is 35.6 Å². The van der Waals surface area contributed by atoms with Crippen molar-refractivity contribution in [2.24, 2.45) is 17.8 Å². The Morgan fingerprint density at radius 3 is 2.36 bits per heavy atom. The standard InChI is InChI=1S/C35H43N3O6/c1-6-19-36(21-24-11-9-8-10-12-24)32(40)29-28-17-18-35(44-28)30(29)33(41)38(27(22-39)23(3)4)31(35)34(42)37(20-7-2)25-13-15-26(43-5)16-14-25/h6-16,23,27-31,39H,1-2,17-22H2,3-5H3/t27-,28-,29+,30-,31?,35?/m0/s1. The number of aliphatic hydroxyl groups excluding tert-OH is 1. The molecule has 0 saturated carbocycles. The van der Waals surface area contributed by atoms with Gasteiger partial charge in [0, 0.05) is 25.3 Å². The first-order valence-electron chi connectivity index (χ1n) is 15.3. The maximum absolute atomic E-state index is 14.8. The highest BCUT2D eigenvalue weighted by Gasteiger charge is 2.75. The molecule has 3 aliphatic heterocycles. The molecule has 44 heavy (non-hydrogen) atoms. The number of anilines is 1. The Bertz CT molecular complexity index is 1380. The molecule has 2 bridgehead atoms. The summed E-state index contributed by atoms with van der Waals surface area (Å²) in [7, 11) is 1.58. The maximum Gasteiger partial charge on any atom is 0.253 e. The van der Waals surface area contributed by atoms with Crippen LogP contribution in [0.1, 0.15) is 32.3 Å². The van der Waals surface area contributed by atoms with Gasteiger partial charge in [-0.15, -0.1) is 13.2 Å². The third-order valence-electron chi connectivity index (χ3n) is 9.41. The molecule has 3 fully saturated rings. The first-order valence-corrected chi connectivity index (χ1v) is 15.3. The number of nitrogens with zero attached hydrogens (tertiary/aromatic N) is 3. The van der Waals surface area contributed by atoms with E-state index in [1.807, 2.05) is 44.2 Å². The molecule has 3 saturated heterocycles. The maximum atomic E-state index is 14.8. The molecule has 6 atom stereocenters. The summed E-state index contributed by atoms with van der Waals surface area (Å²) in [6.45, 7) is 12.1. The van der Waals surface area contributed by atoms with Crippen LogP contribution in [0.3, 0.4) is 0 Å². The van der Waals surface area contributed by atoms with Crippen molar-refractivity contribution in [2.75, 3.05) is 31.7 Å². The van der Waals surface area contributed by atoms with E-state index in [4.69, 9.17) is 9.47 Å². The number of hydrogen-bond donors (Lipinski definition) is 1. The van der Waals surface area contributed by atoms with Crippen molar-refractivity contribution in [3.05, 3.63) is 85.5 Å². The largest absolute Gasteiger partial charge is 0.497 e. The van der Waals surface area contributed by atoms with Gasteiger partial charge in [-0.25, -0.2) is 0 Å². The zero-order valence-corrected chi connectivity index (χ0v) is 25.8. The van der Waals surface area contributed by atoms with Gasteiger partial charge in [0.05, 0.1) is 37.7 Å². The van der Waals surface area contributed by atoms with Gasteiger partial charge in [-0.2, -0.15) is 0 Å². The monoisotopic (exact) mass is 601 g/mol. The minimum atomic E-state index is -1.19. The molecule has 3 amide bonds. The summed E-state index contributed by atoms with van der Waals surface area (Å²) >= 11 is 0. The van der Waals surface area contributed by atoms with Crippen LogP contribution >= 0.6 is 0 Å². The van der Waals surface area contributed by atoms with E-state index in [1.165, 1.54) is 4.90 Å². The van der Waals surface area contributed by atoms with E-state index in [-0.39, 0.29) is 36.8 Å². The zero-order chi connectivity index (χ0) is 31.6. The third kappa shape index (κ3) is 5.32. The van der Waals surface area contributed by atoms with Crippen molar-refractivity contribution in [3.63, 3.8) is 0 Å².